The lowest BCUT2D eigenvalue weighted by Crippen LogP contribution is -2.30. The van der Waals surface area contributed by atoms with Crippen molar-refractivity contribution in [1.29, 1.82) is 0 Å². The van der Waals surface area contributed by atoms with E-state index in [0.717, 1.165) is 18.9 Å². The molecule has 2 aromatic rings. The van der Waals surface area contributed by atoms with Crippen molar-refractivity contribution in [3.63, 3.8) is 0 Å². The highest BCUT2D eigenvalue weighted by Crippen LogP contribution is 2.40. The molecule has 0 radical (unpaired) electrons. The van der Waals surface area contributed by atoms with Gasteiger partial charge in [-0.05, 0) is 60.7 Å². The predicted molar refractivity (Wildman–Crippen MR) is 92.7 cm³/mol. The number of nitrogens with zero attached hydrogens (tertiary/aromatic N) is 1. The van der Waals surface area contributed by atoms with Crippen LogP contribution in [-0.4, -0.2) is 13.6 Å². The van der Waals surface area contributed by atoms with Gasteiger partial charge in [-0.25, -0.2) is 0 Å². The summed E-state index contributed by atoms with van der Waals surface area (Å²) < 4.78 is 0. The molecule has 2 aromatic carbocycles. The summed E-state index contributed by atoms with van der Waals surface area (Å²) in [6, 6.07) is 18.2. The van der Waals surface area contributed by atoms with E-state index in [-0.39, 0.29) is 0 Å². The highest BCUT2D eigenvalue weighted by molar-refractivity contribution is 5.64. The Morgan fingerprint density at radius 3 is 2.64 bits per heavy atom. The minimum atomic E-state index is 0.556. The van der Waals surface area contributed by atoms with Crippen molar-refractivity contribution in [1.82, 2.24) is 5.32 Å². The van der Waals surface area contributed by atoms with Gasteiger partial charge < -0.3 is 10.2 Å². The molecule has 1 fully saturated rings. The Hall–Kier alpha value is -1.80. The number of hydrogen-bond acceptors (Lipinski definition) is 2. The largest absolute Gasteiger partial charge is 0.345 e. The molecule has 0 saturated heterocycles. The third kappa shape index (κ3) is 2.76. The molecule has 0 spiro atoms. The van der Waals surface area contributed by atoms with Gasteiger partial charge in [-0.3, -0.25) is 0 Å². The Morgan fingerprint density at radius 1 is 1.05 bits per heavy atom. The van der Waals surface area contributed by atoms with E-state index in [2.05, 4.69) is 65.8 Å². The van der Waals surface area contributed by atoms with Crippen molar-refractivity contribution < 1.29 is 0 Å². The van der Waals surface area contributed by atoms with Crippen LogP contribution in [-0.2, 0) is 6.42 Å². The fourth-order valence-corrected chi connectivity index (χ4v) is 3.53. The average molecular weight is 292 g/mol. The molecule has 2 aliphatic rings. The standard InChI is InChI=1S/C20H24N2/c1-22(17-5-3-2-4-6-17)18-10-9-16-11-12-21-20(19(16)14-18)13-15-7-8-15/h2-6,9-10,14-15,20-21H,7-8,11-13H2,1H3. The molecule has 1 N–H and O–H groups in total. The Labute approximate surface area is 133 Å². The third-order valence-electron chi connectivity index (χ3n) is 5.09. The van der Waals surface area contributed by atoms with E-state index in [1.165, 1.54) is 41.8 Å². The van der Waals surface area contributed by atoms with Gasteiger partial charge >= 0.3 is 0 Å². The lowest BCUT2D eigenvalue weighted by atomic mass is 9.90. The minimum absolute atomic E-state index is 0.556. The highest BCUT2D eigenvalue weighted by Gasteiger charge is 2.29. The number of fused-ring (bicyclic) bond motifs is 1. The van der Waals surface area contributed by atoms with Gasteiger partial charge in [0.25, 0.3) is 0 Å². The van der Waals surface area contributed by atoms with Crippen LogP contribution in [0, 0.1) is 5.92 Å². The van der Waals surface area contributed by atoms with Crippen LogP contribution in [0.25, 0.3) is 0 Å². The zero-order chi connectivity index (χ0) is 14.9. The van der Waals surface area contributed by atoms with E-state index < -0.39 is 0 Å². The van der Waals surface area contributed by atoms with E-state index in [1.807, 2.05) is 0 Å². The molecule has 1 aliphatic carbocycles. The molecular formula is C20H24N2. The number of nitrogens with one attached hydrogen (secondary N) is 1. The van der Waals surface area contributed by atoms with Crippen LogP contribution >= 0.6 is 0 Å². The molecule has 4 rings (SSSR count). The van der Waals surface area contributed by atoms with E-state index in [1.54, 1.807) is 0 Å². The topological polar surface area (TPSA) is 15.3 Å². The first kappa shape index (κ1) is 13.8. The maximum Gasteiger partial charge on any atom is 0.0411 e. The molecule has 2 nitrogen and oxygen atoms in total. The summed E-state index contributed by atoms with van der Waals surface area (Å²) in [5, 5.41) is 3.73. The van der Waals surface area contributed by atoms with Gasteiger partial charge in [0.15, 0.2) is 0 Å². The smallest absolute Gasteiger partial charge is 0.0411 e. The molecule has 2 heteroatoms. The summed E-state index contributed by atoms with van der Waals surface area (Å²) in [5.41, 5.74) is 5.59. The van der Waals surface area contributed by atoms with E-state index >= 15 is 0 Å². The molecule has 1 aliphatic heterocycles. The highest BCUT2D eigenvalue weighted by atomic mass is 15.1. The van der Waals surface area contributed by atoms with Gasteiger partial charge in [0.1, 0.15) is 0 Å². The molecule has 0 aromatic heterocycles. The average Bonchev–Trinajstić information content (AvgIpc) is 3.39. The molecule has 0 bridgehead atoms. The first-order valence-corrected chi connectivity index (χ1v) is 8.46. The Morgan fingerprint density at radius 2 is 1.86 bits per heavy atom. The predicted octanol–water partition coefficient (Wildman–Crippen LogP) is 4.44. The van der Waals surface area contributed by atoms with E-state index in [0.29, 0.717) is 6.04 Å². The van der Waals surface area contributed by atoms with Crippen LogP contribution in [0.15, 0.2) is 48.5 Å². The van der Waals surface area contributed by atoms with Gasteiger partial charge in [0, 0.05) is 24.5 Å². The van der Waals surface area contributed by atoms with Crippen LogP contribution < -0.4 is 10.2 Å². The summed E-state index contributed by atoms with van der Waals surface area (Å²) in [5.74, 6) is 0.957. The molecule has 0 amide bonds. The van der Waals surface area contributed by atoms with Gasteiger partial charge in [0.05, 0.1) is 0 Å². The fraction of sp³-hybridized carbons (Fsp3) is 0.400. The number of rotatable bonds is 4. The van der Waals surface area contributed by atoms with Gasteiger partial charge in [0.2, 0.25) is 0 Å². The SMILES string of the molecule is CN(c1ccccc1)c1ccc2c(c1)C(CC1CC1)NCC2. The molecule has 1 atom stereocenters. The number of para-hydroxylation sites is 1. The zero-order valence-corrected chi connectivity index (χ0v) is 13.3. The van der Waals surface area contributed by atoms with Crippen LogP contribution in [0.5, 0.6) is 0 Å². The van der Waals surface area contributed by atoms with Crippen LogP contribution in [0.1, 0.15) is 36.4 Å². The Kier molecular flexibility index (Phi) is 3.63. The first-order chi connectivity index (χ1) is 10.8. The maximum absolute atomic E-state index is 3.73. The van der Waals surface area contributed by atoms with Crippen LogP contribution in [0.2, 0.25) is 0 Å². The molecule has 114 valence electrons. The van der Waals surface area contributed by atoms with Crippen molar-refractivity contribution in [2.45, 2.75) is 31.7 Å². The fourth-order valence-electron chi connectivity index (χ4n) is 3.53. The molecular weight excluding hydrogens is 268 g/mol. The van der Waals surface area contributed by atoms with Crippen LogP contribution in [0.4, 0.5) is 11.4 Å². The number of hydrogen-bond donors (Lipinski definition) is 1. The second-order valence-electron chi connectivity index (χ2n) is 6.71. The second-order valence-corrected chi connectivity index (χ2v) is 6.71. The third-order valence-corrected chi connectivity index (χ3v) is 5.09. The summed E-state index contributed by atoms with van der Waals surface area (Å²) in [7, 11) is 2.16. The molecule has 1 unspecified atom stereocenters. The monoisotopic (exact) mass is 292 g/mol. The quantitative estimate of drug-likeness (QED) is 0.896. The molecule has 1 heterocycles. The Bertz CT molecular complexity index is 646. The number of benzene rings is 2. The van der Waals surface area contributed by atoms with Gasteiger partial charge in [-0.2, -0.15) is 0 Å². The van der Waals surface area contributed by atoms with Crippen molar-refractivity contribution in [3.8, 4) is 0 Å². The van der Waals surface area contributed by atoms with Crippen molar-refractivity contribution in [2.24, 2.45) is 5.92 Å². The summed E-state index contributed by atoms with van der Waals surface area (Å²) in [4.78, 5) is 2.28. The summed E-state index contributed by atoms with van der Waals surface area (Å²) in [6.45, 7) is 1.12. The second kappa shape index (κ2) is 5.77. The lowest BCUT2D eigenvalue weighted by Gasteiger charge is -2.29. The van der Waals surface area contributed by atoms with Crippen LogP contribution in [0.3, 0.4) is 0 Å². The van der Waals surface area contributed by atoms with E-state index in [4.69, 9.17) is 0 Å². The lowest BCUT2D eigenvalue weighted by molar-refractivity contribution is 0.453. The van der Waals surface area contributed by atoms with Crippen molar-refractivity contribution >= 4 is 11.4 Å². The minimum Gasteiger partial charge on any atom is -0.345 e. The van der Waals surface area contributed by atoms with Gasteiger partial charge in [-0.15, -0.1) is 0 Å². The van der Waals surface area contributed by atoms with Gasteiger partial charge in [-0.1, -0.05) is 37.1 Å². The molecule has 22 heavy (non-hydrogen) atoms. The summed E-state index contributed by atoms with van der Waals surface area (Å²) in [6.07, 6.45) is 5.32. The number of anilines is 2. The maximum atomic E-state index is 3.73. The normalized spacial score (nSPS) is 20.5. The summed E-state index contributed by atoms with van der Waals surface area (Å²) >= 11 is 0. The van der Waals surface area contributed by atoms with Crippen molar-refractivity contribution in [2.75, 3.05) is 18.5 Å². The Balaban J connectivity index is 1.64. The van der Waals surface area contributed by atoms with Crippen molar-refractivity contribution in [3.05, 3.63) is 59.7 Å². The zero-order valence-electron chi connectivity index (χ0n) is 13.3. The van der Waals surface area contributed by atoms with E-state index in [9.17, 15) is 0 Å². The first-order valence-electron chi connectivity index (χ1n) is 8.46. The molecule has 1 saturated carbocycles.